The first-order chi connectivity index (χ1) is 15.1. The summed E-state index contributed by atoms with van der Waals surface area (Å²) in [4.78, 5) is 17.3. The van der Waals surface area contributed by atoms with Crippen LogP contribution in [0.5, 0.6) is 5.75 Å². The van der Waals surface area contributed by atoms with Crippen LogP contribution in [0.25, 0.3) is 5.57 Å². The Hall–Kier alpha value is -3.64. The van der Waals surface area contributed by atoms with Crippen molar-refractivity contribution in [2.75, 3.05) is 26.8 Å². The summed E-state index contributed by atoms with van der Waals surface area (Å²) in [6, 6.07) is 15.5. The quantitative estimate of drug-likeness (QED) is 0.721. The Balaban J connectivity index is 1.72. The lowest BCUT2D eigenvalue weighted by atomic mass is 9.97. The molecule has 0 saturated carbocycles. The van der Waals surface area contributed by atoms with Gasteiger partial charge in [0, 0.05) is 18.2 Å². The van der Waals surface area contributed by atoms with E-state index in [2.05, 4.69) is 4.99 Å². The summed E-state index contributed by atoms with van der Waals surface area (Å²) >= 11 is 0. The van der Waals surface area contributed by atoms with E-state index in [4.69, 9.17) is 9.47 Å². The minimum atomic E-state index is -0.393. The van der Waals surface area contributed by atoms with Gasteiger partial charge >= 0.3 is 5.97 Å². The number of allylic oxidation sites excluding steroid dienone is 2. The number of carbonyl (C=O) groups is 1. The van der Waals surface area contributed by atoms with E-state index in [1.165, 1.54) is 0 Å². The smallest absolute Gasteiger partial charge is 0.340 e. The van der Waals surface area contributed by atoms with Crippen molar-refractivity contribution in [2.24, 2.45) is 4.99 Å². The van der Waals surface area contributed by atoms with E-state index in [0.29, 0.717) is 29.3 Å². The first kappa shape index (κ1) is 20.6. The van der Waals surface area contributed by atoms with Crippen molar-refractivity contribution in [3.63, 3.8) is 0 Å². The van der Waals surface area contributed by atoms with Gasteiger partial charge < -0.3 is 9.47 Å². The maximum absolute atomic E-state index is 12.9. The van der Waals surface area contributed by atoms with Gasteiger partial charge in [-0.25, -0.2) is 4.79 Å². The van der Waals surface area contributed by atoms with Crippen molar-refractivity contribution in [3.8, 4) is 5.75 Å². The molecule has 1 aliphatic carbocycles. The summed E-state index contributed by atoms with van der Waals surface area (Å²) in [6.45, 7) is 2.73. The molecule has 0 saturated heterocycles. The van der Waals surface area contributed by atoms with Crippen molar-refractivity contribution < 1.29 is 19.5 Å². The monoisotopic (exact) mass is 416 g/mol. The number of esters is 1. The highest BCUT2D eigenvalue weighted by Crippen LogP contribution is 2.40. The molecule has 1 aliphatic heterocycles. The van der Waals surface area contributed by atoms with Gasteiger partial charge in [-0.15, -0.1) is 0 Å². The molecule has 0 unspecified atom stereocenters. The van der Waals surface area contributed by atoms with Crippen molar-refractivity contribution in [1.82, 2.24) is 5.06 Å². The largest absolute Gasteiger partial charge is 0.487 e. The zero-order valence-electron chi connectivity index (χ0n) is 17.5. The number of hydrogen-bond donors (Lipinski definition) is 1. The van der Waals surface area contributed by atoms with Gasteiger partial charge in [0.05, 0.1) is 30.1 Å². The molecule has 0 bridgehead atoms. The van der Waals surface area contributed by atoms with Gasteiger partial charge in [0.15, 0.2) is 0 Å². The first-order valence-corrected chi connectivity index (χ1v) is 10.2. The predicted molar refractivity (Wildman–Crippen MR) is 119 cm³/mol. The Bertz CT molecular complexity index is 1110. The van der Waals surface area contributed by atoms with Crippen LogP contribution < -0.4 is 4.74 Å². The van der Waals surface area contributed by atoms with Gasteiger partial charge in [-0.05, 0) is 42.3 Å². The number of ether oxygens (including phenoxy) is 2. The van der Waals surface area contributed by atoms with Gasteiger partial charge in [0.1, 0.15) is 12.4 Å². The average molecular weight is 416 g/mol. The van der Waals surface area contributed by atoms with Crippen molar-refractivity contribution in [2.45, 2.75) is 6.92 Å². The fourth-order valence-electron chi connectivity index (χ4n) is 3.78. The topological polar surface area (TPSA) is 71.4 Å². The van der Waals surface area contributed by atoms with E-state index in [1.54, 1.807) is 14.0 Å². The molecule has 0 fully saturated rings. The summed E-state index contributed by atoms with van der Waals surface area (Å²) in [7, 11) is 1.67. The third kappa shape index (κ3) is 4.02. The summed E-state index contributed by atoms with van der Waals surface area (Å²) in [5, 5.41) is 11.1. The van der Waals surface area contributed by atoms with Crippen LogP contribution in [0.15, 0.2) is 83.0 Å². The molecule has 0 atom stereocenters. The highest BCUT2D eigenvalue weighted by molar-refractivity contribution is 6.37. The van der Waals surface area contributed by atoms with Crippen LogP contribution in [0.2, 0.25) is 0 Å². The molecule has 2 aromatic carbocycles. The molecule has 1 N–H and O–H groups in total. The van der Waals surface area contributed by atoms with E-state index in [9.17, 15) is 10.0 Å². The van der Waals surface area contributed by atoms with Crippen molar-refractivity contribution in [1.29, 1.82) is 0 Å². The fraction of sp³-hybridized carbons (Fsp3) is 0.200. The Morgan fingerprint density at radius 2 is 1.97 bits per heavy atom. The number of benzene rings is 2. The molecule has 158 valence electrons. The molecule has 0 spiro atoms. The van der Waals surface area contributed by atoms with Gasteiger partial charge in [-0.2, -0.15) is 0 Å². The summed E-state index contributed by atoms with van der Waals surface area (Å²) in [6.07, 6.45) is 5.55. The minimum Gasteiger partial charge on any atom is -0.487 e. The fourth-order valence-corrected chi connectivity index (χ4v) is 3.78. The lowest BCUT2D eigenvalue weighted by molar-refractivity contribution is -0.137. The lowest BCUT2D eigenvalue weighted by Gasteiger charge is -2.21. The summed E-state index contributed by atoms with van der Waals surface area (Å²) < 4.78 is 11.3. The maximum Gasteiger partial charge on any atom is 0.340 e. The maximum atomic E-state index is 12.9. The Morgan fingerprint density at radius 3 is 2.68 bits per heavy atom. The average Bonchev–Trinajstić information content (AvgIpc) is 3.13. The molecule has 6 heteroatoms. The molecule has 6 nitrogen and oxygen atoms in total. The highest BCUT2D eigenvalue weighted by Gasteiger charge is 2.34. The SMILES string of the molecule is CCOC(=O)C1=C(c2ccccc2)c2ccc(OCC3=CC=CCN3O)cc2C1=NC. The van der Waals surface area contributed by atoms with E-state index < -0.39 is 5.97 Å². The van der Waals surface area contributed by atoms with Crippen LogP contribution in [0.4, 0.5) is 0 Å². The normalized spacial score (nSPS) is 16.4. The number of carbonyl (C=O) groups excluding carboxylic acids is 1. The molecule has 2 aromatic rings. The number of fused-ring (bicyclic) bond motifs is 1. The number of nitrogens with zero attached hydrogens (tertiary/aromatic N) is 2. The van der Waals surface area contributed by atoms with E-state index in [-0.39, 0.29) is 13.2 Å². The summed E-state index contributed by atoms with van der Waals surface area (Å²) in [5.74, 6) is 0.233. The number of hydrogen-bond acceptors (Lipinski definition) is 6. The predicted octanol–water partition coefficient (Wildman–Crippen LogP) is 4.01. The minimum absolute atomic E-state index is 0.224. The lowest BCUT2D eigenvalue weighted by Crippen LogP contribution is -2.24. The van der Waals surface area contributed by atoms with Crippen LogP contribution in [0, 0.1) is 0 Å². The van der Waals surface area contributed by atoms with E-state index >= 15 is 0 Å². The summed E-state index contributed by atoms with van der Waals surface area (Å²) in [5.41, 5.74) is 5.18. The van der Waals surface area contributed by atoms with Crippen LogP contribution >= 0.6 is 0 Å². The molecule has 4 rings (SSSR count). The molecule has 31 heavy (non-hydrogen) atoms. The zero-order valence-corrected chi connectivity index (χ0v) is 17.5. The Morgan fingerprint density at radius 1 is 1.16 bits per heavy atom. The first-order valence-electron chi connectivity index (χ1n) is 10.2. The third-order valence-corrected chi connectivity index (χ3v) is 5.19. The zero-order chi connectivity index (χ0) is 21.8. The molecular weight excluding hydrogens is 392 g/mol. The van der Waals surface area contributed by atoms with E-state index in [0.717, 1.165) is 27.3 Å². The second-order valence-corrected chi connectivity index (χ2v) is 7.07. The van der Waals surface area contributed by atoms with Gasteiger partial charge in [0.2, 0.25) is 0 Å². The van der Waals surface area contributed by atoms with Crippen LogP contribution in [0.1, 0.15) is 23.6 Å². The Kier molecular flexibility index (Phi) is 6.00. The number of hydroxylamine groups is 2. The van der Waals surface area contributed by atoms with Crippen LogP contribution in [0.3, 0.4) is 0 Å². The Labute approximate surface area is 181 Å². The highest BCUT2D eigenvalue weighted by atomic mass is 16.5. The molecule has 0 radical (unpaired) electrons. The van der Waals surface area contributed by atoms with Crippen molar-refractivity contribution >= 4 is 17.3 Å². The van der Waals surface area contributed by atoms with Crippen LogP contribution in [-0.2, 0) is 9.53 Å². The molecule has 0 amide bonds. The van der Waals surface area contributed by atoms with Gasteiger partial charge in [0.25, 0.3) is 0 Å². The number of rotatable bonds is 6. The van der Waals surface area contributed by atoms with Gasteiger partial charge in [-0.3, -0.25) is 15.3 Å². The molecule has 1 heterocycles. The van der Waals surface area contributed by atoms with E-state index in [1.807, 2.05) is 66.8 Å². The molecule has 2 aliphatic rings. The third-order valence-electron chi connectivity index (χ3n) is 5.19. The second kappa shape index (κ2) is 9.02. The standard InChI is InChI=1S/C25H24N2O4/c1-3-30-25(28)23-22(17-9-5-4-6-10-17)20-13-12-19(15-21(20)24(23)26-2)31-16-18-11-7-8-14-27(18)29/h4-13,15,29H,3,14,16H2,1-2H3. The molecular formula is C25H24N2O4. The second-order valence-electron chi connectivity index (χ2n) is 7.07. The molecule has 0 aromatic heterocycles. The van der Waals surface area contributed by atoms with Crippen molar-refractivity contribution in [3.05, 3.63) is 94.7 Å². The van der Waals surface area contributed by atoms with Gasteiger partial charge in [-0.1, -0.05) is 42.5 Å². The number of aliphatic imine (C=N–C) groups is 1. The van der Waals surface area contributed by atoms with Crippen LogP contribution in [-0.4, -0.2) is 48.8 Å².